The van der Waals surface area contributed by atoms with Gasteiger partial charge >= 0.3 is 0 Å². The first kappa shape index (κ1) is 32.2. The molecule has 6 rings (SSSR count). The van der Waals surface area contributed by atoms with Crippen LogP contribution in [0.1, 0.15) is 26.7 Å². The molecule has 1 unspecified atom stereocenters. The normalized spacial score (nSPS) is 11.8. The van der Waals surface area contributed by atoms with Gasteiger partial charge in [-0.15, -0.1) is 11.8 Å². The first-order valence-electron chi connectivity index (χ1n) is 15.0. The predicted molar refractivity (Wildman–Crippen MR) is 193 cm³/mol. The Balaban J connectivity index is 1.23. The van der Waals surface area contributed by atoms with E-state index in [0.29, 0.717) is 27.7 Å². The molecule has 0 aliphatic rings. The number of methoxy groups -OCH3 is 1. The molecule has 0 fully saturated rings. The van der Waals surface area contributed by atoms with Crippen molar-refractivity contribution >= 4 is 67.9 Å². The molecule has 0 aliphatic heterocycles. The highest BCUT2D eigenvalue weighted by Gasteiger charge is 2.24. The van der Waals surface area contributed by atoms with E-state index >= 15 is 0 Å². The van der Waals surface area contributed by atoms with Gasteiger partial charge in [-0.3, -0.25) is 14.4 Å². The second-order valence-corrected chi connectivity index (χ2v) is 12.7. The smallest absolute Gasteiger partial charge is 0.272 e. The minimum atomic E-state index is -0.599. The molecule has 48 heavy (non-hydrogen) atoms. The van der Waals surface area contributed by atoms with Crippen molar-refractivity contribution in [1.29, 1.82) is 0 Å². The number of carbonyl (C=O) groups is 3. The van der Waals surface area contributed by atoms with Crippen LogP contribution < -0.4 is 20.7 Å². The van der Waals surface area contributed by atoms with Crippen molar-refractivity contribution in [2.45, 2.75) is 10.1 Å². The monoisotopic (exact) mass is 670 g/mol. The maximum Gasteiger partial charge on any atom is 0.272 e. The number of amides is 3. The van der Waals surface area contributed by atoms with Crippen molar-refractivity contribution < 1.29 is 19.1 Å². The minimum absolute atomic E-state index is 0.0486. The topological polar surface area (TPSA) is 109 Å². The molecule has 5 aromatic carbocycles. The van der Waals surface area contributed by atoms with Crippen LogP contribution >= 0.6 is 23.1 Å². The Morgan fingerprint density at radius 3 is 2.29 bits per heavy atom. The van der Waals surface area contributed by atoms with Crippen molar-refractivity contribution in [3.05, 3.63) is 156 Å². The lowest BCUT2D eigenvalue weighted by Gasteiger charge is -2.17. The number of aromatic nitrogens is 1. The third kappa shape index (κ3) is 8.16. The van der Waals surface area contributed by atoms with Crippen molar-refractivity contribution in [2.24, 2.45) is 0 Å². The Hall–Kier alpha value is -5.71. The molecule has 238 valence electrons. The molecule has 6 aromatic rings. The number of anilines is 2. The van der Waals surface area contributed by atoms with E-state index in [2.05, 4.69) is 20.9 Å². The van der Waals surface area contributed by atoms with Crippen molar-refractivity contribution in [3.8, 4) is 5.75 Å². The Kier molecular flexibility index (Phi) is 10.2. The largest absolute Gasteiger partial charge is 0.497 e. The van der Waals surface area contributed by atoms with Gasteiger partial charge in [-0.1, -0.05) is 90.2 Å². The number of benzene rings is 5. The quantitative estimate of drug-likeness (QED) is 0.0948. The third-order valence-electron chi connectivity index (χ3n) is 7.14. The van der Waals surface area contributed by atoms with Crippen LogP contribution in [0.2, 0.25) is 0 Å². The van der Waals surface area contributed by atoms with Gasteiger partial charge in [-0.2, -0.15) is 0 Å². The number of nitrogens with zero attached hydrogens (tertiary/aromatic N) is 1. The predicted octanol–water partition coefficient (Wildman–Crippen LogP) is 8.19. The van der Waals surface area contributed by atoms with Crippen LogP contribution in [0, 0.1) is 0 Å². The highest BCUT2D eigenvalue weighted by molar-refractivity contribution is 8.00. The lowest BCUT2D eigenvalue weighted by molar-refractivity contribution is -0.116. The van der Waals surface area contributed by atoms with Crippen LogP contribution in [0.3, 0.4) is 0 Å². The molecule has 0 saturated heterocycles. The van der Waals surface area contributed by atoms with Gasteiger partial charge in [0.05, 0.1) is 17.3 Å². The van der Waals surface area contributed by atoms with E-state index in [1.165, 1.54) is 23.1 Å². The molecular formula is C38H30N4O4S2. The van der Waals surface area contributed by atoms with E-state index in [1.54, 1.807) is 73.8 Å². The molecule has 1 aromatic heterocycles. The summed E-state index contributed by atoms with van der Waals surface area (Å²) in [5.41, 5.74) is 3.27. The van der Waals surface area contributed by atoms with Crippen LogP contribution in [0.5, 0.6) is 5.75 Å². The Labute approximate surface area is 285 Å². The number of carbonyl (C=O) groups excluding carboxylic acids is 3. The summed E-state index contributed by atoms with van der Waals surface area (Å²) in [7, 11) is 1.56. The Morgan fingerprint density at radius 2 is 1.52 bits per heavy atom. The molecular weight excluding hydrogens is 641 g/mol. The minimum Gasteiger partial charge on any atom is -0.497 e. The van der Waals surface area contributed by atoms with E-state index in [-0.39, 0.29) is 11.6 Å². The van der Waals surface area contributed by atoms with E-state index < -0.39 is 17.1 Å². The van der Waals surface area contributed by atoms with E-state index in [9.17, 15) is 14.4 Å². The zero-order valence-corrected chi connectivity index (χ0v) is 27.4. The number of fused-ring (bicyclic) bond motifs is 1. The molecule has 0 aliphatic carbocycles. The average molecular weight is 671 g/mol. The highest BCUT2D eigenvalue weighted by atomic mass is 32.2. The fourth-order valence-electron chi connectivity index (χ4n) is 4.82. The molecule has 1 heterocycles. The SMILES string of the molecule is COc1cccc(/C=C(\NC(=O)c2ccccc2)C(=O)Nc2cccc(SC(C(=O)Nc3nc4ccccc4s3)c3ccccc3)c2)c1. The molecule has 8 nitrogen and oxygen atoms in total. The molecule has 10 heteroatoms. The van der Waals surface area contributed by atoms with Gasteiger partial charge in [0, 0.05) is 16.1 Å². The number of nitrogens with one attached hydrogen (secondary N) is 3. The van der Waals surface area contributed by atoms with Crippen molar-refractivity contribution in [3.63, 3.8) is 0 Å². The summed E-state index contributed by atoms with van der Waals surface area (Å²) in [4.78, 5) is 45.8. The molecule has 0 radical (unpaired) electrons. The number of thioether (sulfide) groups is 1. The van der Waals surface area contributed by atoms with Crippen molar-refractivity contribution in [2.75, 3.05) is 17.7 Å². The summed E-state index contributed by atoms with van der Waals surface area (Å²) in [6.45, 7) is 0. The molecule has 3 N–H and O–H groups in total. The summed E-state index contributed by atoms with van der Waals surface area (Å²) in [6.07, 6.45) is 1.59. The molecule has 0 bridgehead atoms. The van der Waals surface area contributed by atoms with Gasteiger partial charge in [-0.05, 0) is 71.8 Å². The zero-order valence-electron chi connectivity index (χ0n) is 25.8. The van der Waals surface area contributed by atoms with Gasteiger partial charge in [0.25, 0.3) is 11.8 Å². The zero-order chi connectivity index (χ0) is 33.3. The Bertz CT molecular complexity index is 2070. The van der Waals surface area contributed by atoms with Gasteiger partial charge in [0.15, 0.2) is 5.13 Å². The van der Waals surface area contributed by atoms with Crippen LogP contribution in [0.15, 0.2) is 144 Å². The van der Waals surface area contributed by atoms with E-state index in [0.717, 1.165) is 20.7 Å². The second-order valence-electron chi connectivity index (χ2n) is 10.5. The fraction of sp³-hybridized carbons (Fsp3) is 0.0526. The number of hydrogen-bond acceptors (Lipinski definition) is 7. The van der Waals surface area contributed by atoms with Crippen LogP contribution in [-0.2, 0) is 9.59 Å². The Morgan fingerprint density at radius 1 is 0.792 bits per heavy atom. The lowest BCUT2D eigenvalue weighted by Crippen LogP contribution is -2.30. The van der Waals surface area contributed by atoms with Gasteiger partial charge < -0.3 is 20.7 Å². The third-order valence-corrected chi connectivity index (χ3v) is 9.34. The highest BCUT2D eigenvalue weighted by Crippen LogP contribution is 2.38. The number of para-hydroxylation sites is 1. The number of thiazole rings is 1. The van der Waals surface area contributed by atoms with Crippen molar-refractivity contribution in [1.82, 2.24) is 10.3 Å². The van der Waals surface area contributed by atoms with Crippen LogP contribution in [-0.4, -0.2) is 29.8 Å². The lowest BCUT2D eigenvalue weighted by atomic mass is 10.1. The first-order chi connectivity index (χ1) is 23.4. The second kappa shape index (κ2) is 15.3. The van der Waals surface area contributed by atoms with E-state index in [1.807, 2.05) is 72.8 Å². The maximum absolute atomic E-state index is 13.7. The summed E-state index contributed by atoms with van der Waals surface area (Å²) in [5, 5.41) is 8.59. The van der Waals surface area contributed by atoms with Crippen LogP contribution in [0.25, 0.3) is 16.3 Å². The number of hydrogen-bond donors (Lipinski definition) is 3. The van der Waals surface area contributed by atoms with Gasteiger partial charge in [-0.25, -0.2) is 4.98 Å². The summed E-state index contributed by atoms with van der Waals surface area (Å²) in [5.74, 6) is -0.541. The van der Waals surface area contributed by atoms with Gasteiger partial charge in [0.2, 0.25) is 5.91 Å². The average Bonchev–Trinajstić information content (AvgIpc) is 3.53. The molecule has 0 saturated carbocycles. The van der Waals surface area contributed by atoms with E-state index in [4.69, 9.17) is 4.74 Å². The standard InChI is InChI=1S/C38H30N4O4S2/c1-46-29-18-10-12-25(22-29)23-32(40-35(43)27-15-6-3-7-16-27)36(44)39-28-17-11-19-30(24-28)47-34(26-13-4-2-5-14-26)37(45)42-38-41-31-20-8-9-21-33(31)48-38/h2-24,34H,1H3,(H,39,44)(H,40,43)(H,41,42,45)/b32-23-. The van der Waals surface area contributed by atoms with Gasteiger partial charge in [0.1, 0.15) is 16.7 Å². The van der Waals surface area contributed by atoms with Crippen LogP contribution in [0.4, 0.5) is 10.8 Å². The number of rotatable bonds is 11. The molecule has 3 amide bonds. The molecule has 1 atom stereocenters. The fourth-order valence-corrected chi connectivity index (χ4v) is 6.77. The summed E-state index contributed by atoms with van der Waals surface area (Å²) < 4.78 is 6.32. The maximum atomic E-state index is 13.7. The number of ether oxygens (including phenoxy) is 1. The summed E-state index contributed by atoms with van der Waals surface area (Å²) in [6, 6.07) is 40.3. The first-order valence-corrected chi connectivity index (χ1v) is 16.7. The molecule has 0 spiro atoms. The summed E-state index contributed by atoms with van der Waals surface area (Å²) >= 11 is 2.78.